The van der Waals surface area contributed by atoms with Gasteiger partial charge in [-0.25, -0.2) is 0 Å². The zero-order chi connectivity index (χ0) is 20.4. The number of hydrogen-bond donors (Lipinski definition) is 2. The second kappa shape index (κ2) is 8.08. The molecule has 0 spiro atoms. The molecule has 2 saturated heterocycles. The van der Waals surface area contributed by atoms with E-state index in [2.05, 4.69) is 5.32 Å². The third-order valence-corrected chi connectivity index (χ3v) is 5.39. The average molecular weight is 398 g/mol. The van der Waals surface area contributed by atoms with Gasteiger partial charge in [-0.15, -0.1) is 0 Å². The molecule has 29 heavy (non-hydrogen) atoms. The van der Waals surface area contributed by atoms with E-state index in [-0.39, 0.29) is 36.6 Å². The first-order chi connectivity index (χ1) is 14.0. The first kappa shape index (κ1) is 19.2. The predicted octanol–water partition coefficient (Wildman–Crippen LogP) is 1.29. The van der Waals surface area contributed by atoms with Gasteiger partial charge in [-0.05, 0) is 36.6 Å². The van der Waals surface area contributed by atoms with E-state index < -0.39 is 18.0 Å². The number of benzene rings is 1. The molecule has 2 fully saturated rings. The van der Waals surface area contributed by atoms with Gasteiger partial charge in [-0.3, -0.25) is 14.4 Å². The fourth-order valence-electron chi connectivity index (χ4n) is 3.94. The van der Waals surface area contributed by atoms with Crippen LogP contribution in [0.4, 0.5) is 0 Å². The number of nitrogens with one attached hydrogen (secondary N) is 1. The maximum absolute atomic E-state index is 13.4. The largest absolute Gasteiger partial charge is 0.508 e. The zero-order valence-electron chi connectivity index (χ0n) is 15.7. The Morgan fingerprint density at radius 3 is 2.76 bits per heavy atom. The summed E-state index contributed by atoms with van der Waals surface area (Å²) in [5, 5.41) is 12.3. The Hall–Kier alpha value is -3.13. The molecule has 8 nitrogen and oxygen atoms in total. The number of phenols is 1. The first-order valence-corrected chi connectivity index (χ1v) is 9.58. The summed E-state index contributed by atoms with van der Waals surface area (Å²) in [7, 11) is 0. The molecule has 2 N–H and O–H groups in total. The van der Waals surface area contributed by atoms with Crippen molar-refractivity contribution in [2.24, 2.45) is 0 Å². The van der Waals surface area contributed by atoms with Crippen molar-refractivity contribution in [2.45, 2.75) is 37.5 Å². The summed E-state index contributed by atoms with van der Waals surface area (Å²) in [5.74, 6) is -0.735. The summed E-state index contributed by atoms with van der Waals surface area (Å²) >= 11 is 0. The van der Waals surface area contributed by atoms with Crippen molar-refractivity contribution in [3.63, 3.8) is 0 Å². The van der Waals surface area contributed by atoms with E-state index in [1.54, 1.807) is 17.0 Å². The van der Waals surface area contributed by atoms with E-state index in [9.17, 15) is 19.5 Å². The SMILES string of the molecule is O=C(NC(Cc1ccc(O)cc1)C(=O)N1CCCC2OCC(=O)C21)c1ccoc1. The van der Waals surface area contributed by atoms with Gasteiger partial charge < -0.3 is 24.5 Å². The molecule has 152 valence electrons. The number of nitrogens with zero attached hydrogens (tertiary/aromatic N) is 1. The number of ketones is 1. The van der Waals surface area contributed by atoms with Gasteiger partial charge in [0.1, 0.15) is 30.7 Å². The van der Waals surface area contributed by atoms with Gasteiger partial charge in [-0.2, -0.15) is 0 Å². The molecule has 0 saturated carbocycles. The molecule has 2 amide bonds. The number of carbonyl (C=O) groups is 3. The molecule has 2 aromatic rings. The number of fused-ring (bicyclic) bond motifs is 1. The number of rotatable bonds is 5. The van der Waals surface area contributed by atoms with Crippen molar-refractivity contribution in [1.29, 1.82) is 0 Å². The Balaban J connectivity index is 1.57. The van der Waals surface area contributed by atoms with Crippen LogP contribution in [0.15, 0.2) is 47.3 Å². The van der Waals surface area contributed by atoms with Crippen LogP contribution >= 0.6 is 0 Å². The van der Waals surface area contributed by atoms with Crippen LogP contribution in [-0.2, 0) is 20.7 Å². The Morgan fingerprint density at radius 2 is 2.03 bits per heavy atom. The van der Waals surface area contributed by atoms with E-state index in [0.29, 0.717) is 12.1 Å². The molecule has 0 bridgehead atoms. The van der Waals surface area contributed by atoms with Crippen LogP contribution in [0.3, 0.4) is 0 Å². The van der Waals surface area contributed by atoms with Gasteiger partial charge >= 0.3 is 0 Å². The molecule has 2 aliphatic heterocycles. The van der Waals surface area contributed by atoms with Crippen LogP contribution < -0.4 is 5.32 Å². The lowest BCUT2D eigenvalue weighted by Gasteiger charge is -2.37. The minimum absolute atomic E-state index is 0.0170. The normalized spacial score (nSPS) is 22.2. The highest BCUT2D eigenvalue weighted by atomic mass is 16.5. The van der Waals surface area contributed by atoms with E-state index in [1.165, 1.54) is 30.7 Å². The number of aromatic hydroxyl groups is 1. The molecule has 1 aromatic carbocycles. The summed E-state index contributed by atoms with van der Waals surface area (Å²) in [6, 6.07) is 6.51. The minimum Gasteiger partial charge on any atom is -0.508 e. The van der Waals surface area contributed by atoms with Gasteiger partial charge in [0.2, 0.25) is 5.91 Å². The van der Waals surface area contributed by atoms with Gasteiger partial charge in [0.05, 0.1) is 17.9 Å². The molecule has 3 atom stereocenters. The topological polar surface area (TPSA) is 109 Å². The van der Waals surface area contributed by atoms with Crippen LogP contribution in [0.1, 0.15) is 28.8 Å². The van der Waals surface area contributed by atoms with Crippen molar-refractivity contribution < 1.29 is 28.6 Å². The third kappa shape index (κ3) is 4.02. The highest BCUT2D eigenvalue weighted by Gasteiger charge is 2.45. The van der Waals surface area contributed by atoms with Gasteiger partial charge in [0, 0.05) is 13.0 Å². The summed E-state index contributed by atoms with van der Waals surface area (Å²) in [4.78, 5) is 39.8. The summed E-state index contributed by atoms with van der Waals surface area (Å²) in [6.07, 6.45) is 4.12. The zero-order valence-corrected chi connectivity index (χ0v) is 15.7. The van der Waals surface area contributed by atoms with Crippen molar-refractivity contribution in [2.75, 3.05) is 13.2 Å². The predicted molar refractivity (Wildman–Crippen MR) is 101 cm³/mol. The van der Waals surface area contributed by atoms with Crippen molar-refractivity contribution in [1.82, 2.24) is 10.2 Å². The number of amides is 2. The summed E-state index contributed by atoms with van der Waals surface area (Å²) in [6.45, 7) is 0.464. The summed E-state index contributed by atoms with van der Waals surface area (Å²) in [5.41, 5.74) is 1.08. The molecular formula is C21H22N2O6. The number of likely N-dealkylation sites (tertiary alicyclic amines) is 1. The lowest BCUT2D eigenvalue weighted by atomic mass is 9.95. The number of hydrogen-bond acceptors (Lipinski definition) is 6. The molecule has 0 aliphatic carbocycles. The number of carbonyl (C=O) groups excluding carboxylic acids is 3. The first-order valence-electron chi connectivity index (χ1n) is 9.58. The Labute approximate surface area is 167 Å². The molecule has 4 rings (SSSR count). The lowest BCUT2D eigenvalue weighted by molar-refractivity contribution is -0.142. The van der Waals surface area contributed by atoms with Gasteiger partial charge in [0.15, 0.2) is 5.78 Å². The fourth-order valence-corrected chi connectivity index (χ4v) is 3.94. The molecule has 0 radical (unpaired) electrons. The van der Waals surface area contributed by atoms with Crippen LogP contribution in [-0.4, -0.2) is 58.9 Å². The minimum atomic E-state index is -0.867. The number of phenolic OH excluding ortho intramolecular Hbond substituents is 1. The van der Waals surface area contributed by atoms with Crippen LogP contribution in [0.5, 0.6) is 5.75 Å². The standard InChI is InChI=1S/C21H22N2O6/c24-15-5-3-13(4-6-15)10-16(22-20(26)14-7-9-28-11-14)21(27)23-8-1-2-18-19(23)17(25)12-29-18/h3-7,9,11,16,18-19,24H,1-2,8,10,12H2,(H,22,26). The smallest absolute Gasteiger partial charge is 0.255 e. The molecule has 8 heteroatoms. The maximum atomic E-state index is 13.4. The van der Waals surface area contributed by atoms with Crippen molar-refractivity contribution >= 4 is 17.6 Å². The van der Waals surface area contributed by atoms with E-state index in [1.807, 2.05) is 0 Å². The molecule has 3 unspecified atom stereocenters. The van der Waals surface area contributed by atoms with Crippen molar-refractivity contribution in [3.8, 4) is 5.75 Å². The Morgan fingerprint density at radius 1 is 1.24 bits per heavy atom. The number of piperidine rings is 1. The average Bonchev–Trinajstić information content (AvgIpc) is 3.39. The number of Topliss-reactive ketones (excluding diaryl/α,β-unsaturated/α-hetero) is 1. The second-order valence-corrected chi connectivity index (χ2v) is 7.34. The van der Waals surface area contributed by atoms with E-state index in [0.717, 1.165) is 18.4 Å². The summed E-state index contributed by atoms with van der Waals surface area (Å²) < 4.78 is 10.5. The highest BCUT2D eigenvalue weighted by Crippen LogP contribution is 2.27. The van der Waals surface area contributed by atoms with Gasteiger partial charge in [0.25, 0.3) is 5.91 Å². The van der Waals surface area contributed by atoms with E-state index >= 15 is 0 Å². The van der Waals surface area contributed by atoms with Gasteiger partial charge in [-0.1, -0.05) is 12.1 Å². The quantitative estimate of drug-likeness (QED) is 0.786. The Bertz CT molecular complexity index is 892. The number of furan rings is 1. The molecule has 1 aromatic heterocycles. The third-order valence-electron chi connectivity index (χ3n) is 5.39. The van der Waals surface area contributed by atoms with E-state index in [4.69, 9.17) is 9.15 Å². The molecule has 3 heterocycles. The Kier molecular flexibility index (Phi) is 5.35. The highest BCUT2D eigenvalue weighted by molar-refractivity contribution is 5.99. The van der Waals surface area contributed by atoms with Crippen LogP contribution in [0.25, 0.3) is 0 Å². The van der Waals surface area contributed by atoms with Crippen LogP contribution in [0.2, 0.25) is 0 Å². The maximum Gasteiger partial charge on any atom is 0.255 e. The van der Waals surface area contributed by atoms with Crippen LogP contribution in [0, 0.1) is 0 Å². The lowest BCUT2D eigenvalue weighted by Crippen LogP contribution is -2.58. The van der Waals surface area contributed by atoms with Crippen molar-refractivity contribution in [3.05, 3.63) is 54.0 Å². The number of ether oxygens (including phenoxy) is 1. The molecular weight excluding hydrogens is 376 g/mol. The second-order valence-electron chi connectivity index (χ2n) is 7.34. The molecule has 2 aliphatic rings. The monoisotopic (exact) mass is 398 g/mol. The fraction of sp³-hybridized carbons (Fsp3) is 0.381.